The van der Waals surface area contributed by atoms with E-state index >= 15 is 0 Å². The van der Waals surface area contributed by atoms with Crippen LogP contribution < -0.4 is 9.64 Å². The first kappa shape index (κ1) is 22.5. The topological polar surface area (TPSA) is 55.3 Å². The van der Waals surface area contributed by atoms with Gasteiger partial charge in [-0.3, -0.25) is 14.7 Å². The number of para-hydroxylation sites is 1. The summed E-state index contributed by atoms with van der Waals surface area (Å²) < 4.78 is 6.74. The molecule has 5 nitrogen and oxygen atoms in total. The molecule has 164 valence electrons. The molecule has 0 spiro atoms. The Morgan fingerprint density at radius 3 is 2.69 bits per heavy atom. The first-order valence-corrected chi connectivity index (χ1v) is 11.7. The van der Waals surface area contributed by atoms with Gasteiger partial charge in [0.05, 0.1) is 27.5 Å². The molecule has 0 saturated carbocycles. The molecule has 2 aromatic heterocycles. The number of carbonyl (C=O) groups is 1. The van der Waals surface area contributed by atoms with Crippen LogP contribution in [0.3, 0.4) is 0 Å². The van der Waals surface area contributed by atoms with E-state index < -0.39 is 0 Å². The minimum atomic E-state index is -0.244. The summed E-state index contributed by atoms with van der Waals surface area (Å²) >= 11 is 13.6. The fourth-order valence-corrected chi connectivity index (χ4v) is 4.75. The summed E-state index contributed by atoms with van der Waals surface area (Å²) in [6, 6.07) is 16.6. The third-order valence-corrected chi connectivity index (χ3v) is 6.46. The maximum Gasteiger partial charge on any atom is 0.267 e. The number of carbonyl (C=O) groups excluding carboxylic acids is 1. The van der Waals surface area contributed by atoms with Crippen LogP contribution in [-0.4, -0.2) is 22.5 Å². The van der Waals surface area contributed by atoms with Crippen molar-refractivity contribution in [3.8, 4) is 5.75 Å². The van der Waals surface area contributed by atoms with Gasteiger partial charge in [-0.15, -0.1) is 0 Å². The molecule has 0 radical (unpaired) electrons. The number of anilines is 1. The third kappa shape index (κ3) is 5.04. The average molecular weight is 486 g/mol. The largest absolute Gasteiger partial charge is 0.482 e. The molecule has 2 aromatic carbocycles. The molecule has 0 aliphatic rings. The SMILES string of the molecule is CC(C)c1cccc2sc(N(Cc3ccccn3)C(=O)COc3ccc(Cl)cc3Cl)nc12. The van der Waals surface area contributed by atoms with Crippen molar-refractivity contribution in [1.82, 2.24) is 9.97 Å². The molecular weight excluding hydrogens is 465 g/mol. The molecule has 4 aromatic rings. The predicted octanol–water partition coefficient (Wildman–Crippen LogP) is 6.73. The minimum Gasteiger partial charge on any atom is -0.482 e. The Bertz CT molecular complexity index is 1240. The van der Waals surface area contributed by atoms with Gasteiger partial charge in [0, 0.05) is 11.2 Å². The molecule has 8 heteroatoms. The van der Waals surface area contributed by atoms with Crippen molar-refractivity contribution in [2.45, 2.75) is 26.3 Å². The van der Waals surface area contributed by atoms with Gasteiger partial charge in [-0.2, -0.15) is 0 Å². The van der Waals surface area contributed by atoms with Gasteiger partial charge in [-0.25, -0.2) is 4.98 Å². The Morgan fingerprint density at radius 1 is 1.12 bits per heavy atom. The number of thiazole rings is 1. The Balaban J connectivity index is 1.65. The fourth-order valence-electron chi connectivity index (χ4n) is 3.27. The second-order valence-electron chi connectivity index (χ2n) is 7.51. The second kappa shape index (κ2) is 9.86. The highest BCUT2D eigenvalue weighted by molar-refractivity contribution is 7.22. The number of hydrogen-bond donors (Lipinski definition) is 0. The van der Waals surface area contributed by atoms with Crippen LogP contribution in [0.25, 0.3) is 10.2 Å². The number of aromatic nitrogens is 2. The predicted molar refractivity (Wildman–Crippen MR) is 131 cm³/mol. The first-order chi connectivity index (χ1) is 15.4. The average Bonchev–Trinajstić information content (AvgIpc) is 3.21. The Hall–Kier alpha value is -2.67. The molecule has 0 unspecified atom stereocenters. The Kier molecular flexibility index (Phi) is 6.94. The van der Waals surface area contributed by atoms with Gasteiger partial charge in [0.2, 0.25) is 0 Å². The van der Waals surface area contributed by atoms with E-state index in [1.54, 1.807) is 29.3 Å². The lowest BCUT2D eigenvalue weighted by Gasteiger charge is -2.20. The Morgan fingerprint density at radius 2 is 1.97 bits per heavy atom. The summed E-state index contributed by atoms with van der Waals surface area (Å²) in [5.41, 5.74) is 2.83. The van der Waals surface area contributed by atoms with E-state index in [2.05, 4.69) is 24.9 Å². The van der Waals surface area contributed by atoms with Crippen molar-refractivity contribution in [3.05, 3.63) is 82.1 Å². The monoisotopic (exact) mass is 485 g/mol. The molecule has 2 heterocycles. The number of hydrogen-bond acceptors (Lipinski definition) is 5. The molecule has 0 atom stereocenters. The highest BCUT2D eigenvalue weighted by Crippen LogP contribution is 2.34. The number of pyridine rings is 1. The zero-order valence-corrected chi connectivity index (χ0v) is 19.9. The summed E-state index contributed by atoms with van der Waals surface area (Å²) in [5, 5.41) is 1.46. The molecule has 1 amide bonds. The van der Waals surface area contributed by atoms with Gasteiger partial charge >= 0.3 is 0 Å². The second-order valence-corrected chi connectivity index (χ2v) is 9.36. The quantitative estimate of drug-likeness (QED) is 0.291. The van der Waals surface area contributed by atoms with Gasteiger partial charge in [-0.1, -0.05) is 66.6 Å². The normalized spacial score (nSPS) is 11.2. The molecule has 0 N–H and O–H groups in total. The van der Waals surface area contributed by atoms with E-state index in [1.807, 2.05) is 30.3 Å². The van der Waals surface area contributed by atoms with Crippen LogP contribution in [-0.2, 0) is 11.3 Å². The molecule has 0 saturated heterocycles. The summed E-state index contributed by atoms with van der Waals surface area (Å²) in [6.45, 7) is 4.36. The van der Waals surface area contributed by atoms with Crippen LogP contribution in [0, 0.1) is 0 Å². The van der Waals surface area contributed by atoms with Crippen LogP contribution in [0.4, 0.5) is 5.13 Å². The number of nitrogens with zero attached hydrogens (tertiary/aromatic N) is 3. The van der Waals surface area contributed by atoms with E-state index in [0.29, 0.717) is 26.8 Å². The van der Waals surface area contributed by atoms with E-state index in [1.165, 1.54) is 11.3 Å². The van der Waals surface area contributed by atoms with Crippen LogP contribution >= 0.6 is 34.5 Å². The molecule has 32 heavy (non-hydrogen) atoms. The van der Waals surface area contributed by atoms with Gasteiger partial charge in [0.25, 0.3) is 5.91 Å². The minimum absolute atomic E-state index is 0.193. The summed E-state index contributed by atoms with van der Waals surface area (Å²) in [4.78, 5) is 24.1. The maximum absolute atomic E-state index is 13.3. The summed E-state index contributed by atoms with van der Waals surface area (Å²) in [7, 11) is 0. The summed E-state index contributed by atoms with van der Waals surface area (Å²) in [6.07, 6.45) is 1.71. The zero-order valence-electron chi connectivity index (χ0n) is 17.6. The molecule has 0 aliphatic carbocycles. The standard InChI is InChI=1S/C24H21Cl2N3O2S/c1-15(2)18-7-5-8-21-23(18)28-24(32-21)29(13-17-6-3-4-11-27-17)22(30)14-31-20-10-9-16(25)12-19(20)26/h3-12,15H,13-14H2,1-2H3. The van der Waals surface area contributed by atoms with E-state index in [0.717, 1.165) is 21.5 Å². The number of benzene rings is 2. The first-order valence-electron chi connectivity index (χ1n) is 10.1. The van der Waals surface area contributed by atoms with Gasteiger partial charge in [0.1, 0.15) is 5.75 Å². The van der Waals surface area contributed by atoms with E-state index in [9.17, 15) is 4.79 Å². The smallest absolute Gasteiger partial charge is 0.267 e. The van der Waals surface area contributed by atoms with Crippen molar-refractivity contribution in [2.75, 3.05) is 11.5 Å². The number of ether oxygens (including phenoxy) is 1. The van der Waals surface area contributed by atoms with Crippen molar-refractivity contribution >= 4 is 55.8 Å². The molecule has 0 aliphatic heterocycles. The third-order valence-electron chi connectivity index (χ3n) is 4.88. The lowest BCUT2D eigenvalue weighted by Crippen LogP contribution is -2.34. The number of rotatable bonds is 7. The van der Waals surface area contributed by atoms with Crippen LogP contribution in [0.2, 0.25) is 10.0 Å². The van der Waals surface area contributed by atoms with Crippen LogP contribution in [0.15, 0.2) is 60.8 Å². The van der Waals surface area contributed by atoms with Crippen molar-refractivity contribution in [1.29, 1.82) is 0 Å². The van der Waals surface area contributed by atoms with Gasteiger partial charge < -0.3 is 4.74 Å². The highest BCUT2D eigenvalue weighted by Gasteiger charge is 2.23. The lowest BCUT2D eigenvalue weighted by atomic mass is 10.0. The van der Waals surface area contributed by atoms with E-state index in [-0.39, 0.29) is 19.1 Å². The van der Waals surface area contributed by atoms with Gasteiger partial charge in [0.15, 0.2) is 11.7 Å². The number of amides is 1. The van der Waals surface area contributed by atoms with Crippen molar-refractivity contribution in [2.24, 2.45) is 0 Å². The maximum atomic E-state index is 13.3. The zero-order chi connectivity index (χ0) is 22.7. The molecule has 4 rings (SSSR count). The molecule has 0 fully saturated rings. The van der Waals surface area contributed by atoms with Crippen LogP contribution in [0.5, 0.6) is 5.75 Å². The van der Waals surface area contributed by atoms with Crippen molar-refractivity contribution < 1.29 is 9.53 Å². The molecule has 0 bridgehead atoms. The lowest BCUT2D eigenvalue weighted by molar-refractivity contribution is -0.120. The fraction of sp³-hybridized carbons (Fsp3) is 0.208. The van der Waals surface area contributed by atoms with Crippen molar-refractivity contribution in [3.63, 3.8) is 0 Å². The summed E-state index contributed by atoms with van der Waals surface area (Å²) in [5.74, 6) is 0.476. The van der Waals surface area contributed by atoms with E-state index in [4.69, 9.17) is 32.9 Å². The Labute approximate surface area is 200 Å². The highest BCUT2D eigenvalue weighted by atomic mass is 35.5. The number of fused-ring (bicyclic) bond motifs is 1. The van der Waals surface area contributed by atoms with Crippen LogP contribution in [0.1, 0.15) is 31.0 Å². The molecular formula is C24H21Cl2N3O2S. The van der Waals surface area contributed by atoms with Gasteiger partial charge in [-0.05, 0) is 47.9 Å². The number of halogens is 2.